The Morgan fingerprint density at radius 1 is 1.37 bits per heavy atom. The number of nitrogens with one attached hydrogen (secondary N) is 1. The molecule has 0 fully saturated rings. The molecule has 0 bridgehead atoms. The zero-order chi connectivity index (χ0) is 14.3. The Morgan fingerprint density at radius 3 is 2.84 bits per heavy atom. The molecule has 0 aliphatic rings. The van der Waals surface area contributed by atoms with Crippen LogP contribution in [0.3, 0.4) is 0 Å². The first-order chi connectivity index (χ1) is 9.20. The summed E-state index contributed by atoms with van der Waals surface area (Å²) < 4.78 is 10.2. The van der Waals surface area contributed by atoms with Crippen LogP contribution in [0.25, 0.3) is 0 Å². The van der Waals surface area contributed by atoms with E-state index in [0.717, 1.165) is 25.8 Å². The number of hydrogen-bond donors (Lipinski definition) is 2. The normalized spacial score (nSPS) is 12.8. The monoisotopic (exact) mass is 273 g/mol. The second-order valence-electron chi connectivity index (χ2n) is 4.31. The van der Waals surface area contributed by atoms with Crippen LogP contribution in [0.2, 0.25) is 0 Å². The number of rotatable bonds is 12. The lowest BCUT2D eigenvalue weighted by Gasteiger charge is -2.11. The fourth-order valence-electron chi connectivity index (χ4n) is 1.40. The first-order valence-electron chi connectivity index (χ1n) is 6.96. The molecule has 1 atom stereocenters. The van der Waals surface area contributed by atoms with E-state index in [-0.39, 0.29) is 5.97 Å². The Hall–Kier alpha value is -0.910. The van der Waals surface area contributed by atoms with Gasteiger partial charge in [0.25, 0.3) is 0 Å². The number of unbranched alkanes of at least 4 members (excludes halogenated alkanes) is 1. The van der Waals surface area contributed by atoms with Gasteiger partial charge >= 0.3 is 5.97 Å². The van der Waals surface area contributed by atoms with E-state index in [9.17, 15) is 9.90 Å². The molecule has 0 aromatic rings. The molecule has 19 heavy (non-hydrogen) atoms. The van der Waals surface area contributed by atoms with E-state index < -0.39 is 6.10 Å². The number of aliphatic hydroxyl groups is 1. The molecule has 0 saturated heterocycles. The number of carbonyl (C=O) groups is 1. The van der Waals surface area contributed by atoms with Gasteiger partial charge in [-0.3, -0.25) is 0 Å². The first kappa shape index (κ1) is 18.1. The number of hydrogen-bond acceptors (Lipinski definition) is 5. The summed E-state index contributed by atoms with van der Waals surface area (Å²) in [6.07, 6.45) is 5.30. The van der Waals surface area contributed by atoms with Crippen molar-refractivity contribution in [3.05, 3.63) is 12.2 Å². The van der Waals surface area contributed by atoms with E-state index in [1.807, 2.05) is 6.92 Å². The molecule has 0 amide bonds. The van der Waals surface area contributed by atoms with Crippen molar-refractivity contribution < 1.29 is 19.4 Å². The summed E-state index contributed by atoms with van der Waals surface area (Å²) in [5.74, 6) is -0.293. The molecule has 0 aromatic carbocycles. The molecule has 0 radical (unpaired) electrons. The van der Waals surface area contributed by atoms with E-state index in [4.69, 9.17) is 9.47 Å². The number of ether oxygens (including phenoxy) is 2. The lowest BCUT2D eigenvalue weighted by Crippen LogP contribution is -2.31. The molecule has 0 heterocycles. The second-order valence-corrected chi connectivity index (χ2v) is 4.31. The Labute approximate surface area is 116 Å². The largest absolute Gasteiger partial charge is 0.463 e. The molecule has 0 aliphatic carbocycles. The van der Waals surface area contributed by atoms with Crippen LogP contribution in [0.15, 0.2) is 12.2 Å². The summed E-state index contributed by atoms with van der Waals surface area (Å²) in [6, 6.07) is 0. The van der Waals surface area contributed by atoms with Gasteiger partial charge in [-0.1, -0.05) is 13.0 Å². The molecule has 5 nitrogen and oxygen atoms in total. The van der Waals surface area contributed by atoms with Gasteiger partial charge in [-0.25, -0.2) is 4.79 Å². The van der Waals surface area contributed by atoms with Gasteiger partial charge in [0.1, 0.15) is 0 Å². The Balaban J connectivity index is 3.24. The van der Waals surface area contributed by atoms with Gasteiger partial charge in [-0.05, 0) is 32.7 Å². The molecule has 0 rings (SSSR count). The SMILES string of the molecule is CC=CC(=O)OCCCCNCC(O)COCCC. The van der Waals surface area contributed by atoms with Crippen molar-refractivity contribution in [3.8, 4) is 0 Å². The molecule has 0 aliphatic heterocycles. The molecule has 0 spiro atoms. The van der Waals surface area contributed by atoms with Crippen molar-refractivity contribution in [3.63, 3.8) is 0 Å². The number of carbonyl (C=O) groups excluding carboxylic acids is 1. The molecule has 112 valence electrons. The molecule has 5 heteroatoms. The Bertz CT molecular complexity index is 244. The summed E-state index contributed by atoms with van der Waals surface area (Å²) in [5, 5.41) is 12.7. The molecular formula is C14H27NO4. The van der Waals surface area contributed by atoms with Gasteiger partial charge in [-0.15, -0.1) is 0 Å². The number of esters is 1. The van der Waals surface area contributed by atoms with Crippen LogP contribution in [-0.2, 0) is 14.3 Å². The van der Waals surface area contributed by atoms with Crippen molar-refractivity contribution in [1.29, 1.82) is 0 Å². The minimum Gasteiger partial charge on any atom is -0.463 e. The van der Waals surface area contributed by atoms with Crippen molar-refractivity contribution in [2.45, 2.75) is 39.2 Å². The molecule has 2 N–H and O–H groups in total. The lowest BCUT2D eigenvalue weighted by molar-refractivity contribution is -0.137. The standard InChI is InChI=1S/C14H27NO4/c1-3-7-14(17)19-10-6-5-8-15-11-13(16)12-18-9-4-2/h3,7,13,15-16H,4-6,8-12H2,1-2H3. The molecule has 0 aromatic heterocycles. The maximum atomic E-state index is 11.0. The topological polar surface area (TPSA) is 67.8 Å². The van der Waals surface area contributed by atoms with Crippen molar-refractivity contribution in [1.82, 2.24) is 5.32 Å². The predicted molar refractivity (Wildman–Crippen MR) is 75.0 cm³/mol. The summed E-state index contributed by atoms with van der Waals surface area (Å²) in [4.78, 5) is 11.0. The summed E-state index contributed by atoms with van der Waals surface area (Å²) in [7, 11) is 0. The minimum absolute atomic E-state index is 0.293. The van der Waals surface area contributed by atoms with Crippen LogP contribution in [0, 0.1) is 0 Å². The highest BCUT2D eigenvalue weighted by molar-refractivity contribution is 5.81. The highest BCUT2D eigenvalue weighted by Gasteiger charge is 2.02. The van der Waals surface area contributed by atoms with E-state index in [2.05, 4.69) is 5.32 Å². The van der Waals surface area contributed by atoms with Gasteiger partial charge in [0.2, 0.25) is 0 Å². The van der Waals surface area contributed by atoms with Gasteiger partial charge < -0.3 is 19.9 Å². The van der Waals surface area contributed by atoms with Gasteiger partial charge in [-0.2, -0.15) is 0 Å². The molecule has 1 unspecified atom stereocenters. The fourth-order valence-corrected chi connectivity index (χ4v) is 1.40. The Morgan fingerprint density at radius 2 is 2.16 bits per heavy atom. The fraction of sp³-hybridized carbons (Fsp3) is 0.786. The van der Waals surface area contributed by atoms with Crippen LogP contribution >= 0.6 is 0 Å². The van der Waals surface area contributed by atoms with E-state index in [0.29, 0.717) is 26.4 Å². The van der Waals surface area contributed by atoms with Crippen molar-refractivity contribution in [2.24, 2.45) is 0 Å². The van der Waals surface area contributed by atoms with Crippen LogP contribution in [0.4, 0.5) is 0 Å². The first-order valence-corrected chi connectivity index (χ1v) is 6.96. The molecule has 0 saturated carbocycles. The third-order valence-electron chi connectivity index (χ3n) is 2.33. The third kappa shape index (κ3) is 13.3. The van der Waals surface area contributed by atoms with Crippen molar-refractivity contribution in [2.75, 3.05) is 32.9 Å². The number of allylic oxidation sites excluding steroid dienone is 1. The van der Waals surface area contributed by atoms with Gasteiger partial charge in [0.05, 0.1) is 19.3 Å². The van der Waals surface area contributed by atoms with Crippen LogP contribution in [0.1, 0.15) is 33.1 Å². The van der Waals surface area contributed by atoms with Crippen LogP contribution in [-0.4, -0.2) is 50.1 Å². The van der Waals surface area contributed by atoms with E-state index in [1.165, 1.54) is 6.08 Å². The van der Waals surface area contributed by atoms with Crippen molar-refractivity contribution >= 4 is 5.97 Å². The van der Waals surface area contributed by atoms with E-state index >= 15 is 0 Å². The quantitative estimate of drug-likeness (QED) is 0.318. The zero-order valence-corrected chi connectivity index (χ0v) is 12.1. The predicted octanol–water partition coefficient (Wildman–Crippen LogP) is 1.26. The van der Waals surface area contributed by atoms with Gasteiger partial charge in [0.15, 0.2) is 0 Å². The average Bonchev–Trinajstić information content (AvgIpc) is 2.38. The number of aliphatic hydroxyl groups excluding tert-OH is 1. The Kier molecular flexibility index (Phi) is 12.9. The minimum atomic E-state index is -0.459. The van der Waals surface area contributed by atoms with Gasteiger partial charge in [0, 0.05) is 19.2 Å². The lowest BCUT2D eigenvalue weighted by atomic mass is 10.3. The maximum absolute atomic E-state index is 11.0. The van der Waals surface area contributed by atoms with Crippen LogP contribution < -0.4 is 5.32 Å². The van der Waals surface area contributed by atoms with Crippen LogP contribution in [0.5, 0.6) is 0 Å². The summed E-state index contributed by atoms with van der Waals surface area (Å²) in [5.41, 5.74) is 0. The average molecular weight is 273 g/mol. The second kappa shape index (κ2) is 13.5. The summed E-state index contributed by atoms with van der Waals surface area (Å²) in [6.45, 7) is 6.64. The third-order valence-corrected chi connectivity index (χ3v) is 2.33. The highest BCUT2D eigenvalue weighted by Crippen LogP contribution is 1.91. The molecular weight excluding hydrogens is 246 g/mol. The maximum Gasteiger partial charge on any atom is 0.330 e. The summed E-state index contributed by atoms with van der Waals surface area (Å²) >= 11 is 0. The van der Waals surface area contributed by atoms with E-state index in [1.54, 1.807) is 13.0 Å². The zero-order valence-electron chi connectivity index (χ0n) is 12.1. The highest BCUT2D eigenvalue weighted by atomic mass is 16.5. The smallest absolute Gasteiger partial charge is 0.330 e.